The van der Waals surface area contributed by atoms with Crippen LogP contribution in [0.15, 0.2) is 0 Å². The van der Waals surface area contributed by atoms with Gasteiger partial charge in [0.2, 0.25) is 5.91 Å². The normalized spacial score (nSPS) is 38.0. The summed E-state index contributed by atoms with van der Waals surface area (Å²) in [6.07, 6.45) is -0.609. The molecule has 2 aliphatic rings. The molecule has 0 aromatic rings. The number of hydrogen-bond donors (Lipinski definition) is 2. The highest BCUT2D eigenvalue weighted by Gasteiger charge is 2.40. The molecule has 2 aliphatic heterocycles. The number of fused-ring (bicyclic) bond motifs is 2. The molecule has 2 bridgehead atoms. The maximum absolute atomic E-state index is 10.8. The molecule has 0 saturated carbocycles. The fraction of sp³-hybridized carbons (Fsp3) is 0.600. The Bertz CT molecular complexity index is 183. The molecule has 0 aromatic carbocycles. The van der Waals surface area contributed by atoms with Crippen molar-refractivity contribution in [1.82, 2.24) is 10.6 Å². The topological polar surface area (TPSA) is 67.4 Å². The first-order chi connectivity index (χ1) is 4.77. The molecule has 0 aromatic heterocycles. The zero-order valence-corrected chi connectivity index (χ0v) is 5.09. The van der Waals surface area contributed by atoms with E-state index in [4.69, 9.17) is 4.74 Å². The second kappa shape index (κ2) is 1.77. The first-order valence-corrected chi connectivity index (χ1v) is 3.00. The summed E-state index contributed by atoms with van der Waals surface area (Å²) in [5.74, 6) is -0.683. The lowest BCUT2D eigenvalue weighted by atomic mass is 10.2. The average Bonchev–Trinajstić information content (AvgIpc) is 2.28. The molecule has 5 nitrogen and oxygen atoms in total. The Balaban J connectivity index is 2.24. The molecule has 0 radical (unpaired) electrons. The van der Waals surface area contributed by atoms with Crippen LogP contribution in [0, 0.1) is 0 Å². The first kappa shape index (κ1) is 5.82. The molecule has 54 valence electrons. The van der Waals surface area contributed by atoms with Crippen LogP contribution in [0.5, 0.6) is 0 Å². The van der Waals surface area contributed by atoms with Gasteiger partial charge < -0.3 is 4.74 Å². The molecule has 2 saturated heterocycles. The van der Waals surface area contributed by atoms with Crippen LogP contribution in [0.2, 0.25) is 0 Å². The van der Waals surface area contributed by atoms with E-state index >= 15 is 0 Å². The number of rotatable bonds is 0. The second-order valence-corrected chi connectivity index (χ2v) is 2.29. The van der Waals surface area contributed by atoms with Gasteiger partial charge in [-0.05, 0) is 0 Å². The Morgan fingerprint density at radius 2 is 2.20 bits per heavy atom. The summed E-state index contributed by atoms with van der Waals surface area (Å²) in [5.41, 5.74) is 0. The van der Waals surface area contributed by atoms with Crippen LogP contribution in [0.25, 0.3) is 0 Å². The summed E-state index contributed by atoms with van der Waals surface area (Å²) in [5, 5.41) is 4.88. The van der Waals surface area contributed by atoms with Crippen molar-refractivity contribution in [2.45, 2.75) is 12.3 Å². The number of nitrogens with one attached hydrogen (secondary N) is 2. The van der Waals surface area contributed by atoms with E-state index in [1.54, 1.807) is 0 Å². The number of ether oxygens (including phenoxy) is 1. The number of carbonyl (C=O) groups is 2. The number of amides is 2. The third-order valence-corrected chi connectivity index (χ3v) is 1.58. The summed E-state index contributed by atoms with van der Waals surface area (Å²) in [4.78, 5) is 21.5. The van der Waals surface area contributed by atoms with E-state index in [0.29, 0.717) is 6.61 Å². The van der Waals surface area contributed by atoms with Crippen LogP contribution in [0.1, 0.15) is 0 Å². The molecule has 0 spiro atoms. The molecule has 10 heavy (non-hydrogen) atoms. The third-order valence-electron chi connectivity index (χ3n) is 1.58. The minimum atomic E-state index is -0.609. The van der Waals surface area contributed by atoms with E-state index in [1.165, 1.54) is 0 Å². The fourth-order valence-corrected chi connectivity index (χ4v) is 1.05. The van der Waals surface area contributed by atoms with Gasteiger partial charge in [-0.1, -0.05) is 0 Å². The van der Waals surface area contributed by atoms with Crippen molar-refractivity contribution in [2.24, 2.45) is 0 Å². The monoisotopic (exact) mass is 142 g/mol. The van der Waals surface area contributed by atoms with E-state index in [1.807, 2.05) is 0 Å². The average molecular weight is 142 g/mol. The van der Waals surface area contributed by atoms with Crippen molar-refractivity contribution in [3.05, 3.63) is 0 Å². The molecule has 2 heterocycles. The third kappa shape index (κ3) is 0.644. The Labute approximate surface area is 56.7 Å². The second-order valence-electron chi connectivity index (χ2n) is 2.29. The zero-order valence-electron chi connectivity index (χ0n) is 5.09. The van der Waals surface area contributed by atoms with Gasteiger partial charge in [0.05, 0.1) is 6.61 Å². The van der Waals surface area contributed by atoms with Gasteiger partial charge in [-0.15, -0.1) is 0 Å². The maximum Gasteiger partial charge on any atom is 0.270 e. The van der Waals surface area contributed by atoms with Crippen molar-refractivity contribution in [3.63, 3.8) is 0 Å². The zero-order chi connectivity index (χ0) is 7.14. The lowest BCUT2D eigenvalue weighted by Gasteiger charge is -2.16. The van der Waals surface area contributed by atoms with E-state index in [2.05, 4.69) is 10.6 Å². The van der Waals surface area contributed by atoms with Crippen LogP contribution < -0.4 is 10.6 Å². The highest BCUT2D eigenvalue weighted by atomic mass is 16.5. The van der Waals surface area contributed by atoms with Crippen molar-refractivity contribution >= 4 is 11.8 Å². The Hall–Kier alpha value is -0.940. The van der Waals surface area contributed by atoms with Crippen LogP contribution in [0.3, 0.4) is 0 Å². The molecular weight excluding hydrogens is 136 g/mol. The predicted octanol–water partition coefficient (Wildman–Crippen LogP) is -2.04. The molecule has 2 amide bonds. The minimum Gasteiger partial charge on any atom is -0.352 e. The molecule has 2 atom stereocenters. The molecule has 0 aliphatic carbocycles. The molecule has 5 heteroatoms. The Morgan fingerprint density at radius 3 is 3.00 bits per heavy atom. The van der Waals surface area contributed by atoms with Gasteiger partial charge in [0.25, 0.3) is 5.91 Å². The molecular formula is C5H6N2O3. The van der Waals surface area contributed by atoms with Crippen molar-refractivity contribution < 1.29 is 14.3 Å². The van der Waals surface area contributed by atoms with Gasteiger partial charge in [-0.25, -0.2) is 0 Å². The smallest absolute Gasteiger partial charge is 0.270 e. The maximum atomic E-state index is 10.8. The molecule has 2 rings (SSSR count). The summed E-state index contributed by atoms with van der Waals surface area (Å²) in [6.45, 7) is 0.294. The van der Waals surface area contributed by atoms with Crippen molar-refractivity contribution in [1.29, 1.82) is 0 Å². The minimum absolute atomic E-state index is 0.293. The highest BCUT2D eigenvalue weighted by molar-refractivity contribution is 6.02. The van der Waals surface area contributed by atoms with Gasteiger partial charge in [-0.2, -0.15) is 0 Å². The SMILES string of the molecule is O=C1NC(=O)C2NC1CO2. The van der Waals surface area contributed by atoms with Gasteiger partial charge in [0.15, 0.2) is 6.23 Å². The largest absolute Gasteiger partial charge is 0.352 e. The number of imide groups is 1. The summed E-state index contributed by atoms with van der Waals surface area (Å²) in [7, 11) is 0. The van der Waals surface area contributed by atoms with Gasteiger partial charge in [0, 0.05) is 0 Å². The lowest BCUT2D eigenvalue weighted by molar-refractivity contribution is -0.138. The summed E-state index contributed by atoms with van der Waals surface area (Å²) < 4.78 is 4.92. The highest BCUT2D eigenvalue weighted by Crippen LogP contribution is 2.07. The van der Waals surface area contributed by atoms with Crippen LogP contribution in [0.4, 0.5) is 0 Å². The van der Waals surface area contributed by atoms with Gasteiger partial charge in [-0.3, -0.25) is 20.2 Å². The Morgan fingerprint density at radius 1 is 1.40 bits per heavy atom. The summed E-state index contributed by atoms with van der Waals surface area (Å²) in [6, 6.07) is -0.331. The number of hydrogen-bond acceptors (Lipinski definition) is 4. The standard InChI is InChI=1S/C5H6N2O3/c8-3-2-1-10-5(6-2)4(9)7-3/h2,5-6H,1H2,(H,7,8,9). The fourth-order valence-electron chi connectivity index (χ4n) is 1.05. The van der Waals surface area contributed by atoms with Crippen LogP contribution in [-0.4, -0.2) is 30.7 Å². The van der Waals surface area contributed by atoms with E-state index in [-0.39, 0.29) is 11.9 Å². The molecule has 2 N–H and O–H groups in total. The Kier molecular flexibility index (Phi) is 1.03. The molecule has 2 unspecified atom stereocenters. The lowest BCUT2D eigenvalue weighted by Crippen LogP contribution is -2.57. The summed E-state index contributed by atoms with van der Waals surface area (Å²) >= 11 is 0. The molecule has 2 fully saturated rings. The van der Waals surface area contributed by atoms with Crippen LogP contribution in [-0.2, 0) is 14.3 Å². The number of piperazine rings is 1. The van der Waals surface area contributed by atoms with E-state index in [9.17, 15) is 9.59 Å². The van der Waals surface area contributed by atoms with Crippen molar-refractivity contribution in [3.8, 4) is 0 Å². The first-order valence-electron chi connectivity index (χ1n) is 3.00. The van der Waals surface area contributed by atoms with Crippen LogP contribution >= 0.6 is 0 Å². The van der Waals surface area contributed by atoms with Gasteiger partial charge in [0.1, 0.15) is 6.04 Å². The van der Waals surface area contributed by atoms with E-state index < -0.39 is 12.1 Å². The van der Waals surface area contributed by atoms with Crippen molar-refractivity contribution in [2.75, 3.05) is 6.61 Å². The van der Waals surface area contributed by atoms with Gasteiger partial charge >= 0.3 is 0 Å². The van der Waals surface area contributed by atoms with E-state index in [0.717, 1.165) is 0 Å². The predicted molar refractivity (Wildman–Crippen MR) is 29.8 cm³/mol. The quantitative estimate of drug-likeness (QED) is 0.382. The number of carbonyl (C=O) groups excluding carboxylic acids is 2.